The molecular weight excluding hydrogens is 216 g/mol. The van der Waals surface area contributed by atoms with Crippen LogP contribution < -0.4 is 0 Å². The largest absolute Gasteiger partial charge is 0.373 e. The quantitative estimate of drug-likeness (QED) is 0.786. The van der Waals surface area contributed by atoms with E-state index < -0.39 is 0 Å². The Labute approximate surface area is 103 Å². The zero-order chi connectivity index (χ0) is 11.9. The molecule has 1 fully saturated rings. The van der Waals surface area contributed by atoms with Crippen LogP contribution in [0.1, 0.15) is 25.3 Å². The lowest BCUT2D eigenvalue weighted by molar-refractivity contribution is -0.191. The van der Waals surface area contributed by atoms with Crippen LogP contribution in [0.25, 0.3) is 0 Å². The normalized spacial score (nSPS) is 24.8. The number of benzene rings is 1. The van der Waals surface area contributed by atoms with Gasteiger partial charge in [0.2, 0.25) is 0 Å². The van der Waals surface area contributed by atoms with Crippen LogP contribution in [0.4, 0.5) is 0 Å². The standard InChI is InChI=1S/C14H20O3/c1-2-15-14-10-13(8-9-16-14)17-11-12-6-4-3-5-7-12/h3-7,13-14H,2,8-11H2,1H3/t13-,14+/m0/s1. The SMILES string of the molecule is CCO[C@H]1C[C@@H](OCc2ccccc2)CCO1. The molecule has 0 aromatic heterocycles. The van der Waals surface area contributed by atoms with Gasteiger partial charge in [0.25, 0.3) is 0 Å². The highest BCUT2D eigenvalue weighted by Crippen LogP contribution is 2.19. The van der Waals surface area contributed by atoms with Gasteiger partial charge in [0.05, 0.1) is 19.3 Å². The summed E-state index contributed by atoms with van der Waals surface area (Å²) in [5.74, 6) is 0. The molecule has 1 aliphatic rings. The number of hydrogen-bond acceptors (Lipinski definition) is 3. The summed E-state index contributed by atoms with van der Waals surface area (Å²) in [6.07, 6.45) is 1.95. The molecule has 0 spiro atoms. The fourth-order valence-electron chi connectivity index (χ4n) is 1.97. The molecule has 1 heterocycles. The average Bonchev–Trinajstić information content (AvgIpc) is 2.39. The van der Waals surface area contributed by atoms with Crippen molar-refractivity contribution in [3.63, 3.8) is 0 Å². The summed E-state index contributed by atoms with van der Waals surface area (Å²) in [6, 6.07) is 10.2. The van der Waals surface area contributed by atoms with Gasteiger partial charge in [0, 0.05) is 13.0 Å². The van der Waals surface area contributed by atoms with Crippen molar-refractivity contribution in [2.75, 3.05) is 13.2 Å². The molecule has 2 atom stereocenters. The lowest BCUT2D eigenvalue weighted by Gasteiger charge is -2.29. The minimum atomic E-state index is -0.0884. The van der Waals surface area contributed by atoms with Crippen LogP contribution >= 0.6 is 0 Å². The molecule has 1 aliphatic heterocycles. The Morgan fingerprint density at radius 1 is 1.24 bits per heavy atom. The van der Waals surface area contributed by atoms with Gasteiger partial charge in [0.1, 0.15) is 0 Å². The van der Waals surface area contributed by atoms with Crippen molar-refractivity contribution >= 4 is 0 Å². The molecule has 0 radical (unpaired) electrons. The van der Waals surface area contributed by atoms with E-state index in [1.54, 1.807) is 0 Å². The van der Waals surface area contributed by atoms with Gasteiger partial charge < -0.3 is 14.2 Å². The Balaban J connectivity index is 1.75. The Bertz CT molecular complexity index is 311. The monoisotopic (exact) mass is 236 g/mol. The highest BCUT2D eigenvalue weighted by Gasteiger charge is 2.23. The van der Waals surface area contributed by atoms with E-state index >= 15 is 0 Å². The second-order valence-electron chi connectivity index (χ2n) is 4.20. The van der Waals surface area contributed by atoms with Crippen LogP contribution in [0.15, 0.2) is 30.3 Å². The molecule has 0 aliphatic carbocycles. The van der Waals surface area contributed by atoms with Gasteiger partial charge in [-0.05, 0) is 18.9 Å². The van der Waals surface area contributed by atoms with Gasteiger partial charge >= 0.3 is 0 Å². The first-order valence-corrected chi connectivity index (χ1v) is 6.27. The third kappa shape index (κ3) is 4.11. The molecule has 3 nitrogen and oxygen atoms in total. The lowest BCUT2D eigenvalue weighted by atomic mass is 10.1. The Morgan fingerprint density at radius 2 is 2.06 bits per heavy atom. The summed E-state index contributed by atoms with van der Waals surface area (Å²) in [5, 5.41) is 0. The summed E-state index contributed by atoms with van der Waals surface area (Å²) in [4.78, 5) is 0. The van der Waals surface area contributed by atoms with Crippen LogP contribution in [-0.4, -0.2) is 25.6 Å². The van der Waals surface area contributed by atoms with E-state index in [0.717, 1.165) is 19.4 Å². The number of hydrogen-bond donors (Lipinski definition) is 0. The maximum atomic E-state index is 5.89. The molecule has 94 valence electrons. The molecule has 1 aromatic carbocycles. The molecule has 0 unspecified atom stereocenters. The summed E-state index contributed by atoms with van der Waals surface area (Å²) >= 11 is 0. The van der Waals surface area contributed by atoms with Crippen molar-refractivity contribution in [1.82, 2.24) is 0 Å². The predicted molar refractivity (Wildman–Crippen MR) is 65.6 cm³/mol. The summed E-state index contributed by atoms with van der Waals surface area (Å²) in [6.45, 7) is 4.07. The topological polar surface area (TPSA) is 27.7 Å². The van der Waals surface area contributed by atoms with Crippen molar-refractivity contribution in [2.24, 2.45) is 0 Å². The average molecular weight is 236 g/mol. The molecule has 0 saturated carbocycles. The minimum absolute atomic E-state index is 0.0884. The van der Waals surface area contributed by atoms with E-state index in [1.807, 2.05) is 25.1 Å². The Kier molecular flexibility index (Phi) is 4.98. The van der Waals surface area contributed by atoms with E-state index in [1.165, 1.54) is 5.56 Å². The van der Waals surface area contributed by atoms with Crippen molar-refractivity contribution in [1.29, 1.82) is 0 Å². The molecular formula is C14H20O3. The third-order valence-electron chi connectivity index (χ3n) is 2.88. The van der Waals surface area contributed by atoms with Gasteiger partial charge in [-0.2, -0.15) is 0 Å². The van der Waals surface area contributed by atoms with Gasteiger partial charge in [-0.25, -0.2) is 0 Å². The second kappa shape index (κ2) is 6.74. The number of ether oxygens (including phenoxy) is 3. The van der Waals surface area contributed by atoms with Crippen molar-refractivity contribution in [3.8, 4) is 0 Å². The maximum absolute atomic E-state index is 5.89. The molecule has 1 aromatic rings. The van der Waals surface area contributed by atoms with Gasteiger partial charge in [-0.1, -0.05) is 30.3 Å². The predicted octanol–water partition coefficient (Wildman–Crippen LogP) is 2.74. The molecule has 3 heteroatoms. The molecule has 0 amide bonds. The van der Waals surface area contributed by atoms with E-state index in [4.69, 9.17) is 14.2 Å². The van der Waals surface area contributed by atoms with Crippen LogP contribution in [0.3, 0.4) is 0 Å². The van der Waals surface area contributed by atoms with Crippen LogP contribution in [-0.2, 0) is 20.8 Å². The van der Waals surface area contributed by atoms with Crippen molar-refractivity contribution in [2.45, 2.75) is 38.8 Å². The fraction of sp³-hybridized carbons (Fsp3) is 0.571. The molecule has 1 saturated heterocycles. The molecule has 0 bridgehead atoms. The maximum Gasteiger partial charge on any atom is 0.160 e. The van der Waals surface area contributed by atoms with E-state index in [-0.39, 0.29) is 12.4 Å². The Morgan fingerprint density at radius 3 is 2.82 bits per heavy atom. The first-order valence-electron chi connectivity index (χ1n) is 6.27. The third-order valence-corrected chi connectivity index (χ3v) is 2.88. The van der Waals surface area contributed by atoms with Gasteiger partial charge in [-0.3, -0.25) is 0 Å². The summed E-state index contributed by atoms with van der Waals surface area (Å²) < 4.78 is 16.8. The van der Waals surface area contributed by atoms with Gasteiger partial charge in [0.15, 0.2) is 6.29 Å². The molecule has 17 heavy (non-hydrogen) atoms. The first-order chi connectivity index (χ1) is 8.38. The van der Waals surface area contributed by atoms with Crippen LogP contribution in [0.5, 0.6) is 0 Å². The van der Waals surface area contributed by atoms with Crippen LogP contribution in [0, 0.1) is 0 Å². The van der Waals surface area contributed by atoms with Crippen molar-refractivity contribution < 1.29 is 14.2 Å². The molecule has 0 N–H and O–H groups in total. The second-order valence-corrected chi connectivity index (χ2v) is 4.20. The van der Waals surface area contributed by atoms with Gasteiger partial charge in [-0.15, -0.1) is 0 Å². The van der Waals surface area contributed by atoms with E-state index in [9.17, 15) is 0 Å². The fourth-order valence-corrected chi connectivity index (χ4v) is 1.97. The zero-order valence-corrected chi connectivity index (χ0v) is 10.3. The minimum Gasteiger partial charge on any atom is -0.373 e. The zero-order valence-electron chi connectivity index (χ0n) is 10.3. The summed E-state index contributed by atoms with van der Waals surface area (Å²) in [5.41, 5.74) is 1.21. The highest BCUT2D eigenvalue weighted by molar-refractivity contribution is 5.13. The highest BCUT2D eigenvalue weighted by atomic mass is 16.7. The lowest BCUT2D eigenvalue weighted by Crippen LogP contribution is -2.32. The van der Waals surface area contributed by atoms with E-state index in [2.05, 4.69) is 12.1 Å². The van der Waals surface area contributed by atoms with Crippen LogP contribution in [0.2, 0.25) is 0 Å². The van der Waals surface area contributed by atoms with Crippen molar-refractivity contribution in [3.05, 3.63) is 35.9 Å². The smallest absolute Gasteiger partial charge is 0.160 e. The number of rotatable bonds is 5. The van der Waals surface area contributed by atoms with E-state index in [0.29, 0.717) is 13.2 Å². The molecule has 2 rings (SSSR count). The Hall–Kier alpha value is -0.900. The summed E-state index contributed by atoms with van der Waals surface area (Å²) in [7, 11) is 0. The first kappa shape index (κ1) is 12.6.